The number of carbonyl (C=O) groups is 2. The van der Waals surface area contributed by atoms with E-state index in [4.69, 9.17) is 0 Å². The summed E-state index contributed by atoms with van der Waals surface area (Å²) >= 11 is 1.82. The van der Waals surface area contributed by atoms with E-state index < -0.39 is 10.0 Å². The number of fused-ring (bicyclic) bond motifs is 1. The molecular weight excluding hydrogens is 458 g/mol. The Morgan fingerprint density at radius 2 is 1.70 bits per heavy atom. The van der Waals surface area contributed by atoms with Crippen LogP contribution in [0.5, 0.6) is 0 Å². The van der Waals surface area contributed by atoms with E-state index >= 15 is 0 Å². The van der Waals surface area contributed by atoms with Gasteiger partial charge in [-0.25, -0.2) is 8.42 Å². The number of rotatable bonds is 6. The summed E-state index contributed by atoms with van der Waals surface area (Å²) in [5.74, 6) is 0.643. The van der Waals surface area contributed by atoms with Crippen molar-refractivity contribution < 1.29 is 18.0 Å². The van der Waals surface area contributed by atoms with E-state index in [1.807, 2.05) is 11.3 Å². The molecule has 1 amide bonds. The zero-order chi connectivity index (χ0) is 23.2. The first-order chi connectivity index (χ1) is 15.8. The average molecular weight is 488 g/mol. The number of Topliss-reactive ketones (excluding diaryl/α,β-unsaturated/α-hetero) is 1. The van der Waals surface area contributed by atoms with Crippen molar-refractivity contribution in [3.63, 3.8) is 0 Å². The van der Waals surface area contributed by atoms with E-state index in [0.717, 1.165) is 13.0 Å². The maximum Gasteiger partial charge on any atom is 0.243 e. The highest BCUT2D eigenvalue weighted by molar-refractivity contribution is 7.89. The third-order valence-electron chi connectivity index (χ3n) is 7.01. The van der Waals surface area contributed by atoms with Gasteiger partial charge in [-0.2, -0.15) is 4.31 Å². The monoisotopic (exact) mass is 487 g/mol. The van der Waals surface area contributed by atoms with Gasteiger partial charge in [-0.3, -0.25) is 14.5 Å². The Morgan fingerprint density at radius 1 is 1.00 bits per heavy atom. The van der Waals surface area contributed by atoms with Gasteiger partial charge in [0.15, 0.2) is 5.78 Å². The van der Waals surface area contributed by atoms with Crippen LogP contribution in [0.2, 0.25) is 0 Å². The molecule has 1 atom stereocenters. The highest BCUT2D eigenvalue weighted by atomic mass is 32.2. The number of benzene rings is 1. The van der Waals surface area contributed by atoms with Crippen LogP contribution in [0.15, 0.2) is 40.6 Å². The fourth-order valence-electron chi connectivity index (χ4n) is 5.00. The summed E-state index contributed by atoms with van der Waals surface area (Å²) in [7, 11) is -3.64. The van der Waals surface area contributed by atoms with E-state index in [1.165, 1.54) is 46.6 Å². The summed E-state index contributed by atoms with van der Waals surface area (Å²) in [6, 6.07) is 8.63. The molecule has 0 spiro atoms. The summed E-state index contributed by atoms with van der Waals surface area (Å²) in [5.41, 5.74) is 1.90. The van der Waals surface area contributed by atoms with Crippen LogP contribution in [-0.4, -0.2) is 73.5 Å². The lowest BCUT2D eigenvalue weighted by Crippen LogP contribution is -2.53. The first-order valence-corrected chi connectivity index (χ1v) is 13.9. The number of hydrogen-bond donors (Lipinski definition) is 0. The maximum absolute atomic E-state index is 13.1. The van der Waals surface area contributed by atoms with Crippen LogP contribution in [0.1, 0.15) is 46.6 Å². The van der Waals surface area contributed by atoms with Gasteiger partial charge in [0.25, 0.3) is 0 Å². The SMILES string of the molecule is CC(=O)c1ccc(S(=O)(=O)N2CCN(C(=O)CN3CCc4sccc4C3C3CC3)CC2)cc1. The first-order valence-electron chi connectivity index (χ1n) is 11.5. The second-order valence-corrected chi connectivity index (χ2v) is 12.1. The molecule has 5 rings (SSSR count). The normalized spacial score (nSPS) is 22.2. The number of sulfonamides is 1. The van der Waals surface area contributed by atoms with Gasteiger partial charge in [0.1, 0.15) is 0 Å². The molecule has 0 bridgehead atoms. The minimum absolute atomic E-state index is 0.0854. The Bertz CT molecular complexity index is 1150. The molecule has 0 radical (unpaired) electrons. The van der Waals surface area contributed by atoms with Crippen LogP contribution in [0.25, 0.3) is 0 Å². The Labute approximate surface area is 199 Å². The molecule has 176 valence electrons. The van der Waals surface area contributed by atoms with E-state index in [0.29, 0.717) is 37.2 Å². The molecule has 1 unspecified atom stereocenters. The van der Waals surface area contributed by atoms with E-state index in [9.17, 15) is 18.0 Å². The molecule has 0 N–H and O–H groups in total. The second kappa shape index (κ2) is 8.94. The molecule has 1 aromatic heterocycles. The van der Waals surface area contributed by atoms with Gasteiger partial charge in [0.2, 0.25) is 15.9 Å². The zero-order valence-electron chi connectivity index (χ0n) is 18.8. The Morgan fingerprint density at radius 3 is 2.33 bits per heavy atom. The third-order valence-corrected chi connectivity index (χ3v) is 9.92. The van der Waals surface area contributed by atoms with Gasteiger partial charge in [-0.1, -0.05) is 12.1 Å². The van der Waals surface area contributed by atoms with Crippen molar-refractivity contribution in [1.29, 1.82) is 0 Å². The van der Waals surface area contributed by atoms with Crippen molar-refractivity contribution >= 4 is 33.1 Å². The molecule has 1 saturated carbocycles. The van der Waals surface area contributed by atoms with Gasteiger partial charge >= 0.3 is 0 Å². The van der Waals surface area contributed by atoms with Crippen molar-refractivity contribution in [3.8, 4) is 0 Å². The van der Waals surface area contributed by atoms with Crippen LogP contribution in [-0.2, 0) is 21.2 Å². The molecule has 1 aliphatic carbocycles. The lowest BCUT2D eigenvalue weighted by Gasteiger charge is -2.39. The van der Waals surface area contributed by atoms with Crippen molar-refractivity contribution in [1.82, 2.24) is 14.1 Å². The van der Waals surface area contributed by atoms with E-state index in [2.05, 4.69) is 16.3 Å². The van der Waals surface area contributed by atoms with Crippen LogP contribution < -0.4 is 0 Å². The average Bonchev–Trinajstić information content (AvgIpc) is 3.54. The molecule has 2 fully saturated rings. The predicted octanol–water partition coefficient (Wildman–Crippen LogP) is 2.79. The minimum atomic E-state index is -3.64. The Balaban J connectivity index is 1.20. The molecule has 9 heteroatoms. The number of nitrogens with zero attached hydrogens (tertiary/aromatic N) is 3. The maximum atomic E-state index is 13.1. The smallest absolute Gasteiger partial charge is 0.243 e. The molecule has 2 aliphatic heterocycles. The van der Waals surface area contributed by atoms with Crippen LogP contribution >= 0.6 is 11.3 Å². The Hall–Kier alpha value is -2.07. The summed E-state index contributed by atoms with van der Waals surface area (Å²) in [5, 5.41) is 2.17. The quantitative estimate of drug-likeness (QED) is 0.586. The fraction of sp³-hybridized carbons (Fsp3) is 0.500. The number of carbonyl (C=O) groups excluding carboxylic acids is 2. The molecule has 33 heavy (non-hydrogen) atoms. The Kier molecular flexibility index (Phi) is 6.15. The standard InChI is InChI=1S/C24H29N3O4S2/c1-17(28)18-4-6-20(7-5-18)33(30,31)27-13-11-25(12-14-27)23(29)16-26-10-8-22-21(9-15-32-22)24(26)19-2-3-19/h4-7,9,15,19,24H,2-3,8,10-14,16H2,1H3. The summed E-state index contributed by atoms with van der Waals surface area (Å²) in [6.45, 7) is 4.12. The molecule has 2 aromatic rings. The van der Waals surface area contributed by atoms with Gasteiger partial charge in [-0.05, 0) is 61.2 Å². The fourth-order valence-corrected chi connectivity index (χ4v) is 7.34. The van der Waals surface area contributed by atoms with E-state index in [-0.39, 0.29) is 29.7 Å². The number of amides is 1. The van der Waals surface area contributed by atoms with Crippen LogP contribution in [0.4, 0.5) is 0 Å². The summed E-state index contributed by atoms with van der Waals surface area (Å²) in [4.78, 5) is 30.4. The van der Waals surface area contributed by atoms with Gasteiger partial charge in [0.05, 0.1) is 11.4 Å². The van der Waals surface area contributed by atoms with Crippen molar-refractivity contribution in [2.24, 2.45) is 5.92 Å². The third kappa shape index (κ3) is 4.51. The molecule has 1 saturated heterocycles. The molecular formula is C24H29N3O4S2. The van der Waals surface area contributed by atoms with Crippen molar-refractivity contribution in [2.75, 3.05) is 39.3 Å². The molecule has 3 heterocycles. The number of ketones is 1. The van der Waals surface area contributed by atoms with Crippen molar-refractivity contribution in [2.45, 2.75) is 37.1 Å². The molecule has 3 aliphatic rings. The van der Waals surface area contributed by atoms with Gasteiger partial charge in [-0.15, -0.1) is 11.3 Å². The second-order valence-electron chi connectivity index (χ2n) is 9.17. The zero-order valence-corrected chi connectivity index (χ0v) is 20.4. The topological polar surface area (TPSA) is 78.0 Å². The highest BCUT2D eigenvalue weighted by Crippen LogP contribution is 2.48. The molecule has 1 aromatic carbocycles. The predicted molar refractivity (Wildman–Crippen MR) is 127 cm³/mol. The minimum Gasteiger partial charge on any atom is -0.339 e. The number of thiophene rings is 1. The summed E-state index contributed by atoms with van der Waals surface area (Å²) in [6.07, 6.45) is 3.46. The van der Waals surface area contributed by atoms with Gasteiger partial charge in [0, 0.05) is 49.2 Å². The van der Waals surface area contributed by atoms with Crippen LogP contribution in [0, 0.1) is 5.92 Å². The molecule has 7 nitrogen and oxygen atoms in total. The summed E-state index contributed by atoms with van der Waals surface area (Å²) < 4.78 is 27.5. The highest BCUT2D eigenvalue weighted by Gasteiger charge is 2.41. The lowest BCUT2D eigenvalue weighted by atomic mass is 9.96. The first kappa shape index (κ1) is 22.7. The van der Waals surface area contributed by atoms with E-state index in [1.54, 1.807) is 17.0 Å². The van der Waals surface area contributed by atoms with Gasteiger partial charge < -0.3 is 4.90 Å². The lowest BCUT2D eigenvalue weighted by molar-refractivity contribution is -0.134. The van der Waals surface area contributed by atoms with Crippen LogP contribution in [0.3, 0.4) is 0 Å². The number of piperazine rings is 1. The number of hydrogen-bond acceptors (Lipinski definition) is 6. The largest absolute Gasteiger partial charge is 0.339 e. The van der Waals surface area contributed by atoms with Crippen molar-refractivity contribution in [3.05, 3.63) is 51.7 Å².